The molecule has 0 atom stereocenters. The molecule has 1 aliphatic rings. The number of hydroxylamine groups is 2. The van der Waals surface area contributed by atoms with Gasteiger partial charge in [-0.05, 0) is 12.8 Å². The van der Waals surface area contributed by atoms with Gasteiger partial charge in [0.05, 0.1) is 7.11 Å². The second-order valence-electron chi connectivity index (χ2n) is 1.82. The fourth-order valence-corrected chi connectivity index (χ4v) is 0.871. The lowest BCUT2D eigenvalue weighted by atomic mass is 10.4. The third kappa shape index (κ3) is 7.30. The van der Waals surface area contributed by atoms with E-state index in [1.54, 1.807) is 7.11 Å². The van der Waals surface area contributed by atoms with Crippen LogP contribution in [0.25, 0.3) is 0 Å². The van der Waals surface area contributed by atoms with Crippen LogP contribution in [0.15, 0.2) is 26.3 Å². The minimum Gasteiger partial charge on any atom is -0.302 e. The fourth-order valence-electron chi connectivity index (χ4n) is 0.871. The number of rotatable bonds is 1. The van der Waals surface area contributed by atoms with Crippen LogP contribution in [0.3, 0.4) is 0 Å². The molecular weight excluding hydrogens is 138 g/mol. The molecular formula is C9H19NO. The van der Waals surface area contributed by atoms with Crippen molar-refractivity contribution in [3.8, 4) is 0 Å². The van der Waals surface area contributed by atoms with Crippen LogP contribution in [-0.4, -0.2) is 25.3 Å². The highest BCUT2D eigenvalue weighted by molar-refractivity contribution is 4.55. The van der Waals surface area contributed by atoms with Crippen LogP contribution in [0.2, 0.25) is 0 Å². The van der Waals surface area contributed by atoms with E-state index in [4.69, 9.17) is 4.84 Å². The first-order valence-electron chi connectivity index (χ1n) is 3.72. The Morgan fingerprint density at radius 1 is 1.00 bits per heavy atom. The van der Waals surface area contributed by atoms with Crippen LogP contribution in [0, 0.1) is 0 Å². The van der Waals surface area contributed by atoms with Crippen LogP contribution in [0.1, 0.15) is 12.8 Å². The monoisotopic (exact) mass is 157 g/mol. The zero-order valence-corrected chi connectivity index (χ0v) is 7.51. The van der Waals surface area contributed by atoms with Crippen LogP contribution in [-0.2, 0) is 4.84 Å². The average Bonchev–Trinajstić information content (AvgIpc) is 2.63. The maximum atomic E-state index is 4.94. The van der Waals surface area contributed by atoms with Crippen molar-refractivity contribution in [1.82, 2.24) is 5.06 Å². The van der Waals surface area contributed by atoms with E-state index in [0.29, 0.717) is 0 Å². The van der Waals surface area contributed by atoms with E-state index >= 15 is 0 Å². The summed E-state index contributed by atoms with van der Waals surface area (Å²) in [6.07, 6.45) is 2.60. The van der Waals surface area contributed by atoms with Gasteiger partial charge in [0, 0.05) is 13.1 Å². The van der Waals surface area contributed by atoms with Gasteiger partial charge in [0.1, 0.15) is 0 Å². The summed E-state index contributed by atoms with van der Waals surface area (Å²) in [5.74, 6) is 0. The predicted octanol–water partition coefficient (Wildman–Crippen LogP) is 2.25. The van der Waals surface area contributed by atoms with Crippen molar-refractivity contribution in [3.63, 3.8) is 0 Å². The molecule has 1 heterocycles. The molecule has 66 valence electrons. The zero-order valence-electron chi connectivity index (χ0n) is 7.51. The van der Waals surface area contributed by atoms with Crippen LogP contribution >= 0.6 is 0 Å². The summed E-state index contributed by atoms with van der Waals surface area (Å²) in [6.45, 7) is 14.2. The molecule has 0 saturated carbocycles. The third-order valence-electron chi connectivity index (χ3n) is 1.32. The Hall–Kier alpha value is -0.600. The largest absolute Gasteiger partial charge is 0.302 e. The maximum absolute atomic E-state index is 4.94. The summed E-state index contributed by atoms with van der Waals surface area (Å²) in [5, 5.41) is 1.99. The van der Waals surface area contributed by atoms with E-state index < -0.39 is 0 Å². The molecule has 0 amide bonds. The summed E-state index contributed by atoms with van der Waals surface area (Å²) in [6, 6.07) is 0. The lowest BCUT2D eigenvalue weighted by Gasteiger charge is -2.08. The van der Waals surface area contributed by atoms with E-state index in [1.165, 1.54) is 12.8 Å². The molecule has 0 aliphatic carbocycles. The Morgan fingerprint density at radius 2 is 1.36 bits per heavy atom. The molecule has 0 aromatic heterocycles. The molecule has 0 aromatic carbocycles. The van der Waals surface area contributed by atoms with Gasteiger partial charge in [-0.15, -0.1) is 26.3 Å². The van der Waals surface area contributed by atoms with Crippen molar-refractivity contribution in [3.05, 3.63) is 26.3 Å². The van der Waals surface area contributed by atoms with Gasteiger partial charge in [-0.25, -0.2) is 0 Å². The Bertz CT molecular complexity index is 68.0. The Kier molecular flexibility index (Phi) is 14.3. The van der Waals surface area contributed by atoms with Crippen molar-refractivity contribution in [2.24, 2.45) is 0 Å². The molecule has 0 bridgehead atoms. The first-order chi connectivity index (χ1) is 5.43. The molecule has 2 heteroatoms. The molecule has 1 saturated heterocycles. The molecule has 0 spiro atoms. The zero-order chi connectivity index (χ0) is 9.11. The van der Waals surface area contributed by atoms with Gasteiger partial charge in [0.25, 0.3) is 0 Å². The summed E-state index contributed by atoms with van der Waals surface area (Å²) in [5.41, 5.74) is 0. The van der Waals surface area contributed by atoms with E-state index in [2.05, 4.69) is 26.3 Å². The molecule has 2 nitrogen and oxygen atoms in total. The third-order valence-corrected chi connectivity index (χ3v) is 1.32. The fraction of sp³-hybridized carbons (Fsp3) is 0.556. The van der Waals surface area contributed by atoms with E-state index in [9.17, 15) is 0 Å². The highest BCUT2D eigenvalue weighted by Gasteiger charge is 2.08. The molecule has 11 heavy (non-hydrogen) atoms. The summed E-state index contributed by atoms with van der Waals surface area (Å²) in [7, 11) is 1.73. The Balaban J connectivity index is 0. The molecule has 0 unspecified atom stereocenters. The van der Waals surface area contributed by atoms with Crippen LogP contribution < -0.4 is 0 Å². The van der Waals surface area contributed by atoms with Gasteiger partial charge in [0.2, 0.25) is 0 Å². The molecule has 0 aromatic rings. The summed E-state index contributed by atoms with van der Waals surface area (Å²) >= 11 is 0. The number of nitrogens with zero attached hydrogens (tertiary/aromatic N) is 1. The van der Waals surface area contributed by atoms with Gasteiger partial charge in [-0.2, -0.15) is 5.06 Å². The quantitative estimate of drug-likeness (QED) is 0.541. The van der Waals surface area contributed by atoms with Crippen molar-refractivity contribution in [2.45, 2.75) is 12.8 Å². The first-order valence-corrected chi connectivity index (χ1v) is 3.72. The van der Waals surface area contributed by atoms with Crippen molar-refractivity contribution >= 4 is 0 Å². The van der Waals surface area contributed by atoms with E-state index in [1.807, 2.05) is 5.06 Å². The van der Waals surface area contributed by atoms with Crippen LogP contribution in [0.4, 0.5) is 0 Å². The standard InChI is InChI=1S/C5H11NO.2C2H4/c1-7-6-4-2-3-5-6;2*1-2/h2-5H2,1H3;2*1-2H2. The van der Waals surface area contributed by atoms with Gasteiger partial charge in [-0.1, -0.05) is 0 Å². The Labute approximate surface area is 70.1 Å². The normalized spacial score (nSPS) is 15.7. The smallest absolute Gasteiger partial charge is 0.0575 e. The topological polar surface area (TPSA) is 12.5 Å². The lowest BCUT2D eigenvalue weighted by Crippen LogP contribution is -2.16. The van der Waals surface area contributed by atoms with Gasteiger partial charge in [-0.3, -0.25) is 0 Å². The van der Waals surface area contributed by atoms with Crippen molar-refractivity contribution in [1.29, 1.82) is 0 Å². The number of hydrogen-bond donors (Lipinski definition) is 0. The van der Waals surface area contributed by atoms with Gasteiger partial charge in [0.15, 0.2) is 0 Å². The highest BCUT2D eigenvalue weighted by atomic mass is 16.7. The summed E-state index contributed by atoms with van der Waals surface area (Å²) in [4.78, 5) is 4.94. The van der Waals surface area contributed by atoms with Gasteiger partial charge >= 0.3 is 0 Å². The van der Waals surface area contributed by atoms with Crippen LogP contribution in [0.5, 0.6) is 0 Å². The first kappa shape index (κ1) is 13.0. The van der Waals surface area contributed by atoms with Crippen molar-refractivity contribution in [2.75, 3.05) is 20.2 Å². The molecule has 1 rings (SSSR count). The average molecular weight is 157 g/mol. The molecule has 0 N–H and O–H groups in total. The predicted molar refractivity (Wildman–Crippen MR) is 50.3 cm³/mol. The molecule has 1 aliphatic heterocycles. The van der Waals surface area contributed by atoms with Crippen molar-refractivity contribution < 1.29 is 4.84 Å². The molecule has 1 fully saturated rings. The molecule has 0 radical (unpaired) electrons. The maximum Gasteiger partial charge on any atom is 0.0575 e. The minimum atomic E-state index is 1.12. The second kappa shape index (κ2) is 12.1. The number of hydrogen-bond acceptors (Lipinski definition) is 2. The second-order valence-corrected chi connectivity index (χ2v) is 1.82. The summed E-state index contributed by atoms with van der Waals surface area (Å²) < 4.78 is 0. The van der Waals surface area contributed by atoms with Gasteiger partial charge < -0.3 is 4.84 Å². The lowest BCUT2D eigenvalue weighted by molar-refractivity contribution is -0.112. The van der Waals surface area contributed by atoms with E-state index in [-0.39, 0.29) is 0 Å². The minimum absolute atomic E-state index is 1.12. The Morgan fingerprint density at radius 3 is 1.55 bits per heavy atom. The SMILES string of the molecule is C=C.C=C.CON1CCCC1. The van der Waals surface area contributed by atoms with E-state index in [0.717, 1.165) is 13.1 Å². The highest BCUT2D eigenvalue weighted by Crippen LogP contribution is 2.05.